The second-order valence-corrected chi connectivity index (χ2v) is 7.84. The molecule has 0 aromatic heterocycles. The summed E-state index contributed by atoms with van der Waals surface area (Å²) in [6, 6.07) is 7.22. The van der Waals surface area contributed by atoms with Gasteiger partial charge < -0.3 is 14.4 Å². The Bertz CT molecular complexity index is 606. The van der Waals surface area contributed by atoms with Crippen molar-refractivity contribution in [1.82, 2.24) is 9.21 Å². The number of ether oxygens (including phenoxy) is 2. The van der Waals surface area contributed by atoms with E-state index in [0.717, 1.165) is 17.1 Å². The average molecular weight is 381 g/mol. The fraction of sp³-hybridized carbons (Fsp3) is 0.579. The highest BCUT2D eigenvalue weighted by atomic mass is 32.2. The molecule has 0 saturated carbocycles. The Hall–Kier alpha value is -1.73. The molecule has 1 fully saturated rings. The van der Waals surface area contributed by atoms with Crippen LogP contribution >= 0.6 is 11.9 Å². The maximum atomic E-state index is 12.4. The number of hydrogen-bond donors (Lipinski definition) is 0. The molecule has 1 heterocycles. The van der Waals surface area contributed by atoms with Gasteiger partial charge in [-0.15, -0.1) is 0 Å². The van der Waals surface area contributed by atoms with E-state index >= 15 is 0 Å². The van der Waals surface area contributed by atoms with Gasteiger partial charge in [-0.3, -0.25) is 9.59 Å². The van der Waals surface area contributed by atoms with Gasteiger partial charge in [0.1, 0.15) is 11.8 Å². The molecule has 1 aromatic carbocycles. The summed E-state index contributed by atoms with van der Waals surface area (Å²) in [6.45, 7) is 5.81. The zero-order chi connectivity index (χ0) is 19.1. The number of methoxy groups -OCH3 is 2. The van der Waals surface area contributed by atoms with E-state index in [2.05, 4.69) is 13.8 Å². The predicted octanol–water partition coefficient (Wildman–Crippen LogP) is 2.82. The lowest BCUT2D eigenvalue weighted by atomic mass is 10.1. The molecule has 144 valence electrons. The molecule has 0 radical (unpaired) electrons. The molecule has 2 rings (SSSR count). The highest BCUT2D eigenvalue weighted by Crippen LogP contribution is 2.29. The van der Waals surface area contributed by atoms with Crippen LogP contribution in [0, 0.1) is 5.92 Å². The van der Waals surface area contributed by atoms with Crippen molar-refractivity contribution in [2.45, 2.75) is 37.6 Å². The third kappa shape index (κ3) is 5.64. The van der Waals surface area contributed by atoms with E-state index in [4.69, 9.17) is 9.47 Å². The number of esters is 1. The number of rotatable bonds is 7. The number of carbonyl (C=O) groups excluding carboxylic acids is 2. The quantitative estimate of drug-likeness (QED) is 0.536. The molecule has 1 aliphatic heterocycles. The first-order chi connectivity index (χ1) is 12.4. The van der Waals surface area contributed by atoms with E-state index in [1.807, 2.05) is 28.6 Å². The Morgan fingerprint density at radius 1 is 1.19 bits per heavy atom. The molecule has 1 saturated heterocycles. The number of hydrogen-bond acceptors (Lipinski definition) is 6. The topological polar surface area (TPSA) is 59.1 Å². The van der Waals surface area contributed by atoms with Crippen LogP contribution in [0.4, 0.5) is 0 Å². The Balaban J connectivity index is 2.03. The zero-order valence-corrected chi connectivity index (χ0v) is 16.8. The van der Waals surface area contributed by atoms with Crippen LogP contribution in [0.3, 0.4) is 0 Å². The fourth-order valence-electron chi connectivity index (χ4n) is 2.77. The van der Waals surface area contributed by atoms with Crippen LogP contribution in [0.25, 0.3) is 0 Å². The van der Waals surface area contributed by atoms with Gasteiger partial charge in [0.05, 0.1) is 14.2 Å². The third-order valence-electron chi connectivity index (χ3n) is 4.37. The maximum absolute atomic E-state index is 12.4. The molecule has 1 amide bonds. The number of piperazine rings is 1. The second-order valence-electron chi connectivity index (χ2n) is 6.72. The molecule has 1 aliphatic rings. The van der Waals surface area contributed by atoms with E-state index < -0.39 is 6.04 Å². The van der Waals surface area contributed by atoms with Gasteiger partial charge in [-0.2, -0.15) is 0 Å². The minimum Gasteiger partial charge on any atom is -0.497 e. The monoisotopic (exact) mass is 380 g/mol. The molecule has 26 heavy (non-hydrogen) atoms. The first kappa shape index (κ1) is 20.6. The van der Waals surface area contributed by atoms with E-state index in [0.29, 0.717) is 32.0 Å². The molecular formula is C19H28N2O4S. The van der Waals surface area contributed by atoms with Crippen LogP contribution in [0.1, 0.15) is 26.7 Å². The SMILES string of the molecule is COC(=O)C1CN(C(=O)CCC(C)C)CCN1Sc1ccc(OC)cc1. The summed E-state index contributed by atoms with van der Waals surface area (Å²) in [7, 11) is 3.02. The highest BCUT2D eigenvalue weighted by Gasteiger charge is 2.35. The van der Waals surface area contributed by atoms with Gasteiger partial charge in [-0.05, 0) is 48.6 Å². The third-order valence-corrected chi connectivity index (χ3v) is 5.53. The van der Waals surface area contributed by atoms with Crippen molar-refractivity contribution in [1.29, 1.82) is 0 Å². The molecule has 1 unspecified atom stereocenters. The lowest BCUT2D eigenvalue weighted by Gasteiger charge is -2.39. The summed E-state index contributed by atoms with van der Waals surface area (Å²) in [5.74, 6) is 1.08. The first-order valence-corrected chi connectivity index (χ1v) is 9.66. The van der Waals surface area contributed by atoms with Gasteiger partial charge in [0.2, 0.25) is 5.91 Å². The van der Waals surface area contributed by atoms with Crippen LogP contribution in [-0.2, 0) is 14.3 Å². The van der Waals surface area contributed by atoms with Gasteiger partial charge in [0, 0.05) is 31.0 Å². The molecule has 6 nitrogen and oxygen atoms in total. The van der Waals surface area contributed by atoms with Gasteiger partial charge in [0.25, 0.3) is 0 Å². The van der Waals surface area contributed by atoms with Crippen LogP contribution < -0.4 is 4.74 Å². The van der Waals surface area contributed by atoms with Crippen molar-refractivity contribution in [2.75, 3.05) is 33.9 Å². The summed E-state index contributed by atoms with van der Waals surface area (Å²) in [5, 5.41) is 0. The summed E-state index contributed by atoms with van der Waals surface area (Å²) >= 11 is 1.51. The van der Waals surface area contributed by atoms with Gasteiger partial charge >= 0.3 is 5.97 Å². The number of nitrogens with zero attached hydrogens (tertiary/aromatic N) is 2. The van der Waals surface area contributed by atoms with E-state index in [-0.39, 0.29) is 11.9 Å². The summed E-state index contributed by atoms with van der Waals surface area (Å²) in [4.78, 5) is 27.5. The highest BCUT2D eigenvalue weighted by molar-refractivity contribution is 7.97. The second kappa shape index (κ2) is 9.83. The van der Waals surface area contributed by atoms with Crippen molar-refractivity contribution < 1.29 is 19.1 Å². The standard InChI is InChI=1S/C19H28N2O4S/c1-14(2)5-10-18(22)20-11-12-21(17(13-20)19(23)25-4)26-16-8-6-15(24-3)7-9-16/h6-9,14,17H,5,10-13H2,1-4H3. The first-order valence-electron chi connectivity index (χ1n) is 8.88. The van der Waals surface area contributed by atoms with Crippen molar-refractivity contribution >= 4 is 23.8 Å². The van der Waals surface area contributed by atoms with Crippen molar-refractivity contribution in [3.8, 4) is 5.75 Å². The minimum atomic E-state index is -0.469. The molecular weight excluding hydrogens is 352 g/mol. The Kier molecular flexibility index (Phi) is 7.78. The average Bonchev–Trinajstić information content (AvgIpc) is 2.66. The Labute approximate surface area is 159 Å². The minimum absolute atomic E-state index is 0.113. The number of benzene rings is 1. The summed E-state index contributed by atoms with van der Waals surface area (Å²) < 4.78 is 12.1. The summed E-state index contributed by atoms with van der Waals surface area (Å²) in [6.07, 6.45) is 1.39. The van der Waals surface area contributed by atoms with Gasteiger partial charge in [-0.1, -0.05) is 13.8 Å². The molecule has 0 aliphatic carbocycles. The van der Waals surface area contributed by atoms with Crippen molar-refractivity contribution in [3.63, 3.8) is 0 Å². The lowest BCUT2D eigenvalue weighted by Crippen LogP contribution is -2.55. The fourth-order valence-corrected chi connectivity index (χ4v) is 3.75. The van der Waals surface area contributed by atoms with Crippen molar-refractivity contribution in [3.05, 3.63) is 24.3 Å². The largest absolute Gasteiger partial charge is 0.497 e. The molecule has 0 spiro atoms. The summed E-state index contributed by atoms with van der Waals surface area (Å²) in [5.41, 5.74) is 0. The van der Waals surface area contributed by atoms with Crippen LogP contribution in [0.5, 0.6) is 5.75 Å². The molecule has 7 heteroatoms. The van der Waals surface area contributed by atoms with E-state index in [1.54, 1.807) is 12.0 Å². The predicted molar refractivity (Wildman–Crippen MR) is 102 cm³/mol. The van der Waals surface area contributed by atoms with Crippen LogP contribution in [0.15, 0.2) is 29.2 Å². The normalized spacial score (nSPS) is 18.0. The zero-order valence-electron chi connectivity index (χ0n) is 15.9. The molecule has 0 N–H and O–H groups in total. The maximum Gasteiger partial charge on any atom is 0.325 e. The van der Waals surface area contributed by atoms with Crippen molar-refractivity contribution in [2.24, 2.45) is 5.92 Å². The van der Waals surface area contributed by atoms with E-state index in [1.165, 1.54) is 19.1 Å². The van der Waals surface area contributed by atoms with Gasteiger partial charge in [-0.25, -0.2) is 4.31 Å². The van der Waals surface area contributed by atoms with Crippen LogP contribution in [0.2, 0.25) is 0 Å². The van der Waals surface area contributed by atoms with E-state index in [9.17, 15) is 9.59 Å². The van der Waals surface area contributed by atoms with Gasteiger partial charge in [0.15, 0.2) is 0 Å². The molecule has 0 bridgehead atoms. The Morgan fingerprint density at radius 3 is 2.46 bits per heavy atom. The molecule has 1 atom stereocenters. The smallest absolute Gasteiger partial charge is 0.325 e. The number of amides is 1. The Morgan fingerprint density at radius 2 is 1.88 bits per heavy atom. The molecule has 1 aromatic rings. The van der Waals surface area contributed by atoms with Crippen LogP contribution in [-0.4, -0.2) is 61.0 Å². The number of carbonyl (C=O) groups is 2. The lowest BCUT2D eigenvalue weighted by molar-refractivity contribution is -0.148.